The summed E-state index contributed by atoms with van der Waals surface area (Å²) in [6.45, 7) is 4.00. The van der Waals surface area contributed by atoms with Gasteiger partial charge in [-0.05, 0) is 11.8 Å². The summed E-state index contributed by atoms with van der Waals surface area (Å²) in [7, 11) is 0. The third kappa shape index (κ3) is 1.87. The first kappa shape index (κ1) is 8.83. The maximum Gasteiger partial charge on any atom is 0.330 e. The van der Waals surface area contributed by atoms with Crippen molar-refractivity contribution in [1.29, 1.82) is 0 Å². The topological polar surface area (TPSA) is 84.2 Å². The van der Waals surface area contributed by atoms with Crippen molar-refractivity contribution in [3.05, 3.63) is 0 Å². The molecule has 0 aromatic carbocycles. The zero-order valence-electron chi connectivity index (χ0n) is 7.18. The highest BCUT2D eigenvalue weighted by Gasteiger charge is 2.50. The molecule has 5 heteroatoms. The van der Waals surface area contributed by atoms with Crippen molar-refractivity contribution in [3.63, 3.8) is 0 Å². The normalized spacial score (nSPS) is 24.3. The van der Waals surface area contributed by atoms with Crippen molar-refractivity contribution < 1.29 is 9.59 Å². The number of hydrogen-bond acceptors (Lipinski definition) is 2. The van der Waals surface area contributed by atoms with Gasteiger partial charge in [-0.25, -0.2) is 10.2 Å². The number of hydrogen-bond donors (Lipinski definition) is 3. The highest BCUT2D eigenvalue weighted by molar-refractivity contribution is 5.84. The number of amides is 3. The monoisotopic (exact) mass is 171 g/mol. The average Bonchev–Trinajstić information content (AvgIpc) is 2.55. The van der Waals surface area contributed by atoms with Crippen LogP contribution in [0.1, 0.15) is 20.3 Å². The number of rotatable bonds is 1. The van der Waals surface area contributed by atoms with Gasteiger partial charge in [0.1, 0.15) is 0 Å². The van der Waals surface area contributed by atoms with Crippen molar-refractivity contribution >= 4 is 11.9 Å². The second-order valence-corrected chi connectivity index (χ2v) is 3.72. The zero-order chi connectivity index (χ0) is 9.35. The third-order valence-corrected chi connectivity index (χ3v) is 2.14. The van der Waals surface area contributed by atoms with Crippen molar-refractivity contribution in [3.8, 4) is 0 Å². The molecule has 0 spiro atoms. The maximum atomic E-state index is 11.1. The van der Waals surface area contributed by atoms with Crippen LogP contribution in [0.3, 0.4) is 0 Å². The molecule has 1 saturated carbocycles. The van der Waals surface area contributed by atoms with Crippen LogP contribution in [0.15, 0.2) is 0 Å². The van der Waals surface area contributed by atoms with E-state index in [-0.39, 0.29) is 17.2 Å². The molecule has 1 aliphatic carbocycles. The summed E-state index contributed by atoms with van der Waals surface area (Å²) in [4.78, 5) is 21.3. The molecular weight excluding hydrogens is 158 g/mol. The summed E-state index contributed by atoms with van der Waals surface area (Å²) in [5, 5.41) is 0. The third-order valence-electron chi connectivity index (χ3n) is 2.14. The number of hydrazine groups is 1. The van der Waals surface area contributed by atoms with E-state index in [9.17, 15) is 9.59 Å². The number of primary amides is 1. The second kappa shape index (κ2) is 2.66. The summed E-state index contributed by atoms with van der Waals surface area (Å²) in [6.07, 6.45) is 0.860. The van der Waals surface area contributed by atoms with Crippen molar-refractivity contribution in [2.24, 2.45) is 17.1 Å². The molecule has 0 bridgehead atoms. The van der Waals surface area contributed by atoms with E-state index in [2.05, 4.69) is 5.43 Å². The van der Waals surface area contributed by atoms with E-state index < -0.39 is 6.03 Å². The Morgan fingerprint density at radius 2 is 1.92 bits per heavy atom. The Morgan fingerprint density at radius 1 is 1.42 bits per heavy atom. The lowest BCUT2D eigenvalue weighted by molar-refractivity contribution is -0.123. The molecule has 0 saturated heterocycles. The summed E-state index contributed by atoms with van der Waals surface area (Å²) < 4.78 is 0. The van der Waals surface area contributed by atoms with Gasteiger partial charge in [0.05, 0.1) is 0 Å². The van der Waals surface area contributed by atoms with Crippen LogP contribution in [-0.2, 0) is 4.79 Å². The van der Waals surface area contributed by atoms with E-state index in [0.29, 0.717) is 0 Å². The zero-order valence-corrected chi connectivity index (χ0v) is 7.18. The molecule has 3 amide bonds. The largest absolute Gasteiger partial charge is 0.350 e. The molecular formula is C7H13N3O2. The Labute approximate surface area is 70.7 Å². The molecule has 12 heavy (non-hydrogen) atoms. The Bertz CT molecular complexity index is 225. The van der Waals surface area contributed by atoms with Crippen LogP contribution < -0.4 is 16.6 Å². The number of urea groups is 1. The minimum Gasteiger partial charge on any atom is -0.350 e. The fourth-order valence-corrected chi connectivity index (χ4v) is 1.13. The number of nitrogens with one attached hydrogen (secondary N) is 2. The van der Waals surface area contributed by atoms with Crippen LogP contribution in [0.2, 0.25) is 0 Å². The molecule has 0 aromatic rings. The summed E-state index contributed by atoms with van der Waals surface area (Å²) in [6, 6.07) is -0.748. The maximum absolute atomic E-state index is 11.1. The van der Waals surface area contributed by atoms with Crippen molar-refractivity contribution in [2.45, 2.75) is 20.3 Å². The molecule has 4 N–H and O–H groups in total. The lowest BCUT2D eigenvalue weighted by Crippen LogP contribution is -2.45. The molecule has 68 valence electrons. The molecule has 0 heterocycles. The van der Waals surface area contributed by atoms with E-state index >= 15 is 0 Å². The quantitative estimate of drug-likeness (QED) is 0.474. The smallest absolute Gasteiger partial charge is 0.330 e. The minimum absolute atomic E-state index is 0.00403. The van der Waals surface area contributed by atoms with Gasteiger partial charge >= 0.3 is 6.03 Å². The Hall–Kier alpha value is -1.26. The Kier molecular flexibility index (Phi) is 1.95. The van der Waals surface area contributed by atoms with E-state index in [1.165, 1.54) is 0 Å². The lowest BCUT2D eigenvalue weighted by atomic mass is 10.1. The van der Waals surface area contributed by atoms with Gasteiger partial charge in [0.25, 0.3) is 0 Å². The van der Waals surface area contributed by atoms with Crippen molar-refractivity contribution in [2.75, 3.05) is 0 Å². The van der Waals surface area contributed by atoms with E-state index in [4.69, 9.17) is 5.73 Å². The summed E-state index contributed by atoms with van der Waals surface area (Å²) in [5.41, 5.74) is 9.12. The molecule has 0 aromatic heterocycles. The first-order valence-electron chi connectivity index (χ1n) is 3.79. The van der Waals surface area contributed by atoms with Crippen LogP contribution in [0.25, 0.3) is 0 Å². The van der Waals surface area contributed by atoms with Crippen LogP contribution >= 0.6 is 0 Å². The van der Waals surface area contributed by atoms with Gasteiger partial charge < -0.3 is 5.73 Å². The van der Waals surface area contributed by atoms with Crippen LogP contribution in [0, 0.1) is 11.3 Å². The molecule has 1 fully saturated rings. The van der Waals surface area contributed by atoms with Gasteiger partial charge in [0, 0.05) is 5.92 Å². The van der Waals surface area contributed by atoms with Gasteiger partial charge in [-0.15, -0.1) is 0 Å². The number of carbonyl (C=O) groups excluding carboxylic acids is 2. The molecule has 5 nitrogen and oxygen atoms in total. The van der Waals surface area contributed by atoms with E-state index in [0.717, 1.165) is 6.42 Å². The van der Waals surface area contributed by atoms with Crippen LogP contribution in [0.4, 0.5) is 4.79 Å². The molecule has 1 aliphatic rings. The second-order valence-electron chi connectivity index (χ2n) is 3.72. The SMILES string of the molecule is CC1(C)CC1C(=O)NNC(N)=O. The predicted molar refractivity (Wildman–Crippen MR) is 42.7 cm³/mol. The van der Waals surface area contributed by atoms with Gasteiger partial charge in [-0.2, -0.15) is 0 Å². The number of carbonyl (C=O) groups is 2. The fourth-order valence-electron chi connectivity index (χ4n) is 1.13. The summed E-state index contributed by atoms with van der Waals surface area (Å²) in [5.74, 6) is -0.164. The predicted octanol–water partition coefficient (Wildman–Crippen LogP) is -0.268. The molecule has 0 aliphatic heterocycles. The Morgan fingerprint density at radius 3 is 2.25 bits per heavy atom. The molecule has 1 unspecified atom stereocenters. The molecule has 0 radical (unpaired) electrons. The lowest BCUT2D eigenvalue weighted by Gasteiger charge is -2.05. The van der Waals surface area contributed by atoms with E-state index in [1.807, 2.05) is 19.3 Å². The summed E-state index contributed by atoms with van der Waals surface area (Å²) >= 11 is 0. The van der Waals surface area contributed by atoms with E-state index in [1.54, 1.807) is 0 Å². The fraction of sp³-hybridized carbons (Fsp3) is 0.714. The van der Waals surface area contributed by atoms with Crippen LogP contribution in [-0.4, -0.2) is 11.9 Å². The molecule has 1 atom stereocenters. The van der Waals surface area contributed by atoms with Crippen LogP contribution in [0.5, 0.6) is 0 Å². The van der Waals surface area contributed by atoms with Gasteiger partial charge in [0.2, 0.25) is 5.91 Å². The Balaban J connectivity index is 2.27. The standard InChI is InChI=1S/C7H13N3O2/c1-7(2)3-4(7)5(11)9-10-6(8)12/h4H,3H2,1-2H3,(H,9,11)(H3,8,10,12). The first-order valence-corrected chi connectivity index (χ1v) is 3.79. The highest BCUT2D eigenvalue weighted by Crippen LogP contribution is 2.51. The van der Waals surface area contributed by atoms with Gasteiger partial charge in [-0.1, -0.05) is 13.8 Å². The average molecular weight is 171 g/mol. The van der Waals surface area contributed by atoms with Gasteiger partial charge in [0.15, 0.2) is 0 Å². The first-order chi connectivity index (χ1) is 5.43. The van der Waals surface area contributed by atoms with Crippen molar-refractivity contribution in [1.82, 2.24) is 10.9 Å². The number of nitrogens with two attached hydrogens (primary N) is 1. The highest BCUT2D eigenvalue weighted by atomic mass is 16.2. The van der Waals surface area contributed by atoms with Gasteiger partial charge in [-0.3, -0.25) is 10.2 Å². The minimum atomic E-state index is -0.748. The molecule has 1 rings (SSSR count).